The molecule has 0 saturated carbocycles. The van der Waals surface area contributed by atoms with Crippen LogP contribution in [0.4, 0.5) is 0 Å². The lowest BCUT2D eigenvalue weighted by Gasteiger charge is -2.12. The molecule has 1 amide bonds. The summed E-state index contributed by atoms with van der Waals surface area (Å²) in [6, 6.07) is 8.17. The van der Waals surface area contributed by atoms with Crippen molar-refractivity contribution in [2.45, 2.75) is 52.1 Å². The van der Waals surface area contributed by atoms with Crippen LogP contribution < -0.4 is 11.1 Å². The molecule has 0 aliphatic carbocycles. The Balaban J connectivity index is 2.17. The number of hydrogen-bond donors (Lipinski definition) is 2. The Bertz CT molecular complexity index is 604. The van der Waals surface area contributed by atoms with Crippen molar-refractivity contribution in [1.29, 1.82) is 0 Å². The molecule has 4 heteroatoms. The molecule has 0 bridgehead atoms. The van der Waals surface area contributed by atoms with Crippen molar-refractivity contribution in [2.24, 2.45) is 5.73 Å². The van der Waals surface area contributed by atoms with Gasteiger partial charge < -0.3 is 15.5 Å². The number of carbonyl (C=O) groups is 1. The molecule has 4 nitrogen and oxygen atoms in total. The van der Waals surface area contributed by atoms with E-state index in [0.29, 0.717) is 13.0 Å². The summed E-state index contributed by atoms with van der Waals surface area (Å²) in [7, 11) is 0. The zero-order valence-electron chi connectivity index (χ0n) is 12.8. The van der Waals surface area contributed by atoms with Crippen molar-refractivity contribution >= 4 is 16.9 Å². The second kappa shape index (κ2) is 7.27. The molecule has 0 saturated heterocycles. The minimum absolute atomic E-state index is 0.0650. The third kappa shape index (κ3) is 4.08. The van der Waals surface area contributed by atoms with Gasteiger partial charge in [-0.15, -0.1) is 0 Å². The quantitative estimate of drug-likeness (QED) is 0.784. The molecule has 21 heavy (non-hydrogen) atoms. The van der Waals surface area contributed by atoms with Crippen LogP contribution in [-0.2, 0) is 17.8 Å². The first-order valence-electron chi connectivity index (χ1n) is 7.62. The van der Waals surface area contributed by atoms with E-state index in [4.69, 9.17) is 10.2 Å². The molecular formula is C17H24N2O2. The van der Waals surface area contributed by atoms with Crippen LogP contribution in [0.15, 0.2) is 28.7 Å². The zero-order chi connectivity index (χ0) is 15.2. The van der Waals surface area contributed by atoms with E-state index in [1.54, 1.807) is 0 Å². The molecule has 114 valence electrons. The number of benzene rings is 1. The molecule has 0 fully saturated rings. The first-order valence-corrected chi connectivity index (χ1v) is 7.62. The van der Waals surface area contributed by atoms with Gasteiger partial charge in [-0.2, -0.15) is 0 Å². The number of fused-ring (bicyclic) bond motifs is 1. The van der Waals surface area contributed by atoms with Gasteiger partial charge in [0.15, 0.2) is 0 Å². The maximum Gasteiger partial charge on any atom is 0.218 e. The highest BCUT2D eigenvalue weighted by molar-refractivity contribution is 5.82. The van der Waals surface area contributed by atoms with Gasteiger partial charge in [0.05, 0.1) is 0 Å². The fourth-order valence-electron chi connectivity index (χ4n) is 2.53. The van der Waals surface area contributed by atoms with E-state index in [9.17, 15) is 4.79 Å². The summed E-state index contributed by atoms with van der Waals surface area (Å²) in [5.41, 5.74) is 7.37. The van der Waals surface area contributed by atoms with Crippen molar-refractivity contribution in [2.75, 3.05) is 0 Å². The Morgan fingerprint density at radius 1 is 1.38 bits per heavy atom. The fourth-order valence-corrected chi connectivity index (χ4v) is 2.53. The van der Waals surface area contributed by atoms with Gasteiger partial charge in [0.2, 0.25) is 5.91 Å². The van der Waals surface area contributed by atoms with Crippen LogP contribution in [0.1, 0.15) is 44.4 Å². The van der Waals surface area contributed by atoms with E-state index in [-0.39, 0.29) is 11.9 Å². The summed E-state index contributed by atoms with van der Waals surface area (Å²) in [5.74, 6) is 0.773. The molecule has 3 N–H and O–H groups in total. The standard InChI is InChI=1S/C17H24N2O2/c1-3-4-8-16-14(11-19-12(2)10-17(18)20)13-7-5-6-9-15(13)21-16/h5-7,9,12,19H,3-4,8,10-11H2,1-2H3,(H2,18,20). The topological polar surface area (TPSA) is 68.3 Å². The largest absolute Gasteiger partial charge is 0.461 e. The number of carbonyl (C=O) groups excluding carboxylic acids is 1. The van der Waals surface area contributed by atoms with Crippen LogP contribution in [0.5, 0.6) is 0 Å². The monoisotopic (exact) mass is 288 g/mol. The van der Waals surface area contributed by atoms with Crippen LogP contribution in [0.2, 0.25) is 0 Å². The average Bonchev–Trinajstić information content (AvgIpc) is 2.79. The molecule has 1 unspecified atom stereocenters. The molecule has 1 atom stereocenters. The normalized spacial score (nSPS) is 12.7. The molecule has 1 aromatic carbocycles. The van der Waals surface area contributed by atoms with E-state index in [2.05, 4.69) is 18.3 Å². The van der Waals surface area contributed by atoms with Crippen molar-refractivity contribution in [3.05, 3.63) is 35.6 Å². The molecular weight excluding hydrogens is 264 g/mol. The van der Waals surface area contributed by atoms with Crippen LogP contribution >= 0.6 is 0 Å². The number of amides is 1. The van der Waals surface area contributed by atoms with Gasteiger partial charge in [-0.1, -0.05) is 31.5 Å². The van der Waals surface area contributed by atoms with E-state index in [1.807, 2.05) is 25.1 Å². The van der Waals surface area contributed by atoms with Crippen molar-refractivity contribution < 1.29 is 9.21 Å². The van der Waals surface area contributed by atoms with Gasteiger partial charge in [-0.3, -0.25) is 4.79 Å². The van der Waals surface area contributed by atoms with Gasteiger partial charge >= 0.3 is 0 Å². The molecule has 1 heterocycles. The molecule has 0 spiro atoms. The summed E-state index contributed by atoms with van der Waals surface area (Å²) in [6.45, 7) is 4.85. The predicted molar refractivity (Wildman–Crippen MR) is 84.9 cm³/mol. The van der Waals surface area contributed by atoms with E-state index in [1.165, 1.54) is 5.56 Å². The van der Waals surface area contributed by atoms with Crippen molar-refractivity contribution in [1.82, 2.24) is 5.32 Å². The number of furan rings is 1. The van der Waals surface area contributed by atoms with Crippen LogP contribution in [0.3, 0.4) is 0 Å². The lowest BCUT2D eigenvalue weighted by Crippen LogP contribution is -2.30. The number of aryl methyl sites for hydroxylation is 1. The first-order chi connectivity index (χ1) is 10.1. The van der Waals surface area contributed by atoms with E-state index < -0.39 is 0 Å². The van der Waals surface area contributed by atoms with Crippen LogP contribution in [-0.4, -0.2) is 11.9 Å². The lowest BCUT2D eigenvalue weighted by molar-refractivity contribution is -0.118. The average molecular weight is 288 g/mol. The highest BCUT2D eigenvalue weighted by atomic mass is 16.3. The first kappa shape index (κ1) is 15.6. The number of para-hydroxylation sites is 1. The highest BCUT2D eigenvalue weighted by Crippen LogP contribution is 2.27. The van der Waals surface area contributed by atoms with Crippen LogP contribution in [0, 0.1) is 0 Å². The summed E-state index contributed by atoms with van der Waals surface area (Å²) in [5, 5.41) is 4.52. The smallest absolute Gasteiger partial charge is 0.218 e. The predicted octanol–water partition coefficient (Wildman–Crippen LogP) is 3.13. The Kier molecular flexibility index (Phi) is 5.39. The highest BCUT2D eigenvalue weighted by Gasteiger charge is 2.14. The summed E-state index contributed by atoms with van der Waals surface area (Å²) in [4.78, 5) is 11.0. The number of nitrogens with two attached hydrogens (primary N) is 1. The lowest BCUT2D eigenvalue weighted by atomic mass is 10.1. The second-order valence-electron chi connectivity index (χ2n) is 5.56. The number of nitrogens with one attached hydrogen (secondary N) is 1. The van der Waals surface area contributed by atoms with E-state index in [0.717, 1.165) is 36.0 Å². The van der Waals surface area contributed by atoms with Crippen LogP contribution in [0.25, 0.3) is 11.0 Å². The Morgan fingerprint density at radius 3 is 2.86 bits per heavy atom. The fraction of sp³-hybridized carbons (Fsp3) is 0.471. The van der Waals surface area contributed by atoms with Gasteiger partial charge in [0.1, 0.15) is 11.3 Å². The SMILES string of the molecule is CCCCc1oc2ccccc2c1CNC(C)CC(N)=O. The van der Waals surface area contributed by atoms with Crippen molar-refractivity contribution in [3.8, 4) is 0 Å². The Labute approximate surface area is 125 Å². The third-order valence-electron chi connectivity index (χ3n) is 3.67. The molecule has 0 radical (unpaired) electrons. The number of primary amides is 1. The van der Waals surface area contributed by atoms with E-state index >= 15 is 0 Å². The Hall–Kier alpha value is -1.81. The van der Waals surface area contributed by atoms with Crippen molar-refractivity contribution in [3.63, 3.8) is 0 Å². The number of unbranched alkanes of at least 4 members (excludes halogenated alkanes) is 1. The molecule has 1 aromatic heterocycles. The number of hydrogen-bond acceptors (Lipinski definition) is 3. The number of rotatable bonds is 8. The molecule has 2 aromatic rings. The Morgan fingerprint density at radius 2 is 2.14 bits per heavy atom. The summed E-state index contributed by atoms with van der Waals surface area (Å²) in [6.07, 6.45) is 3.55. The maximum absolute atomic E-state index is 11.0. The summed E-state index contributed by atoms with van der Waals surface area (Å²) < 4.78 is 5.98. The zero-order valence-corrected chi connectivity index (χ0v) is 12.8. The van der Waals surface area contributed by atoms with Gasteiger partial charge in [0.25, 0.3) is 0 Å². The third-order valence-corrected chi connectivity index (χ3v) is 3.67. The van der Waals surface area contributed by atoms with Gasteiger partial charge in [-0.25, -0.2) is 0 Å². The second-order valence-corrected chi connectivity index (χ2v) is 5.56. The maximum atomic E-state index is 11.0. The molecule has 0 aliphatic rings. The molecule has 0 aliphatic heterocycles. The van der Waals surface area contributed by atoms with Gasteiger partial charge in [0, 0.05) is 36.4 Å². The van der Waals surface area contributed by atoms with Gasteiger partial charge in [-0.05, 0) is 19.4 Å². The molecule has 2 rings (SSSR count). The minimum atomic E-state index is -0.279. The minimum Gasteiger partial charge on any atom is -0.461 e. The summed E-state index contributed by atoms with van der Waals surface area (Å²) >= 11 is 0.